The highest BCUT2D eigenvalue weighted by Crippen LogP contribution is 2.37. The van der Waals surface area contributed by atoms with Crippen LogP contribution in [0.2, 0.25) is 0 Å². The highest BCUT2D eigenvalue weighted by Gasteiger charge is 2.08. The molecule has 1 heterocycles. The lowest BCUT2D eigenvalue weighted by atomic mass is 10.1. The van der Waals surface area contributed by atoms with Gasteiger partial charge in [-0.1, -0.05) is 48.6 Å². The van der Waals surface area contributed by atoms with Crippen molar-refractivity contribution in [3.63, 3.8) is 0 Å². The predicted octanol–water partition coefficient (Wildman–Crippen LogP) is 6.71. The monoisotopic (exact) mass is 384 g/mol. The normalized spacial score (nSPS) is 11.8. The third-order valence-corrected chi connectivity index (χ3v) is 5.97. The molecular formula is C20H17BrOS. The van der Waals surface area contributed by atoms with Crippen LogP contribution in [-0.4, -0.2) is 7.11 Å². The minimum absolute atomic E-state index is 0.877. The Morgan fingerprint density at radius 3 is 2.48 bits per heavy atom. The van der Waals surface area contributed by atoms with E-state index in [9.17, 15) is 0 Å². The van der Waals surface area contributed by atoms with Gasteiger partial charge in [-0.3, -0.25) is 0 Å². The minimum Gasteiger partial charge on any atom is -0.497 e. The number of hydrogen-bond donors (Lipinski definition) is 0. The number of hydrogen-bond acceptors (Lipinski definition) is 2. The van der Waals surface area contributed by atoms with Crippen LogP contribution in [0.4, 0.5) is 0 Å². The Balaban J connectivity index is 1.81. The number of thiophene rings is 1. The van der Waals surface area contributed by atoms with Crippen LogP contribution >= 0.6 is 27.3 Å². The maximum atomic E-state index is 5.17. The second-order valence-corrected chi connectivity index (χ2v) is 7.23. The molecule has 23 heavy (non-hydrogen) atoms. The second-order valence-electron chi connectivity index (χ2n) is 5.18. The first-order chi connectivity index (χ1) is 11.2. The van der Waals surface area contributed by atoms with Gasteiger partial charge in [0.15, 0.2) is 0 Å². The van der Waals surface area contributed by atoms with Gasteiger partial charge < -0.3 is 4.74 Å². The number of rotatable bonds is 4. The number of halogens is 1. The fourth-order valence-electron chi connectivity index (χ4n) is 2.43. The summed E-state index contributed by atoms with van der Waals surface area (Å²) in [6.07, 6.45) is 8.38. The van der Waals surface area contributed by atoms with Crippen LogP contribution in [0.5, 0.6) is 5.75 Å². The van der Waals surface area contributed by atoms with E-state index in [4.69, 9.17) is 4.74 Å². The predicted molar refractivity (Wildman–Crippen MR) is 105 cm³/mol. The highest BCUT2D eigenvalue weighted by molar-refractivity contribution is 9.10. The minimum atomic E-state index is 0.877. The summed E-state index contributed by atoms with van der Waals surface area (Å²) in [7, 11) is 1.68. The van der Waals surface area contributed by atoms with E-state index in [1.165, 1.54) is 25.0 Å². The molecule has 0 unspecified atom stereocenters. The van der Waals surface area contributed by atoms with Gasteiger partial charge in [0.1, 0.15) is 5.75 Å². The van der Waals surface area contributed by atoms with E-state index < -0.39 is 0 Å². The summed E-state index contributed by atoms with van der Waals surface area (Å²) >= 11 is 5.53. The molecule has 116 valence electrons. The second kappa shape index (κ2) is 7.16. The molecule has 0 N–H and O–H groups in total. The largest absolute Gasteiger partial charge is 0.497 e. The van der Waals surface area contributed by atoms with Crippen molar-refractivity contribution in [1.29, 1.82) is 0 Å². The number of aryl methyl sites for hydroxylation is 1. The molecule has 3 rings (SSSR count). The lowest BCUT2D eigenvalue weighted by Crippen LogP contribution is -1.81. The van der Waals surface area contributed by atoms with Crippen LogP contribution < -0.4 is 4.74 Å². The van der Waals surface area contributed by atoms with Gasteiger partial charge in [-0.25, -0.2) is 0 Å². The molecule has 0 radical (unpaired) electrons. The molecule has 0 atom stereocenters. The third-order valence-electron chi connectivity index (χ3n) is 3.64. The van der Waals surface area contributed by atoms with Crippen LogP contribution in [0.1, 0.15) is 16.0 Å². The first-order valence-corrected chi connectivity index (χ1v) is 8.96. The third kappa shape index (κ3) is 3.57. The van der Waals surface area contributed by atoms with Crippen molar-refractivity contribution in [2.45, 2.75) is 6.92 Å². The van der Waals surface area contributed by atoms with E-state index in [-0.39, 0.29) is 0 Å². The zero-order valence-electron chi connectivity index (χ0n) is 13.0. The van der Waals surface area contributed by atoms with Crippen molar-refractivity contribution in [3.05, 3.63) is 75.1 Å². The van der Waals surface area contributed by atoms with Crippen molar-refractivity contribution in [2.24, 2.45) is 0 Å². The highest BCUT2D eigenvalue weighted by atomic mass is 79.9. The number of allylic oxidation sites excluding steroid dienone is 2. The Morgan fingerprint density at radius 1 is 1.00 bits per heavy atom. The maximum absolute atomic E-state index is 5.17. The zero-order chi connectivity index (χ0) is 16.2. The molecule has 0 aliphatic rings. The summed E-state index contributed by atoms with van der Waals surface area (Å²) in [5.41, 5.74) is 2.39. The summed E-state index contributed by atoms with van der Waals surface area (Å²) in [5.74, 6) is 0.877. The zero-order valence-corrected chi connectivity index (χ0v) is 15.4. The van der Waals surface area contributed by atoms with Crippen LogP contribution in [0.25, 0.3) is 22.2 Å². The number of methoxy groups -OCH3 is 1. The summed E-state index contributed by atoms with van der Waals surface area (Å²) in [4.78, 5) is 1.31. The molecule has 3 heteroatoms. The fraction of sp³-hybridized carbons (Fsp3) is 0.100. The van der Waals surface area contributed by atoms with Gasteiger partial charge in [-0.15, -0.1) is 11.3 Å². The van der Waals surface area contributed by atoms with Crippen LogP contribution in [0, 0.1) is 6.92 Å². The van der Waals surface area contributed by atoms with Gasteiger partial charge >= 0.3 is 0 Å². The van der Waals surface area contributed by atoms with E-state index in [0.717, 1.165) is 11.3 Å². The lowest BCUT2D eigenvalue weighted by molar-refractivity contribution is 0.415. The molecule has 0 bridgehead atoms. The first-order valence-electron chi connectivity index (χ1n) is 7.35. The standard InChI is InChI=1S/C20H17BrOS/c1-14-20(21)19-16(8-5-9-18(19)23-14)7-4-3-6-15-10-12-17(22-2)13-11-15/h3-13H,1-2H3. The lowest BCUT2D eigenvalue weighted by Gasteiger charge is -1.99. The number of fused-ring (bicyclic) bond motifs is 1. The summed E-state index contributed by atoms with van der Waals surface area (Å²) in [6, 6.07) is 14.5. The summed E-state index contributed by atoms with van der Waals surface area (Å²) in [5, 5.41) is 1.30. The first kappa shape index (κ1) is 16.0. The smallest absolute Gasteiger partial charge is 0.118 e. The average molecular weight is 385 g/mol. The van der Waals surface area contributed by atoms with Gasteiger partial charge in [0.2, 0.25) is 0 Å². The summed E-state index contributed by atoms with van der Waals surface area (Å²) < 4.78 is 7.69. The van der Waals surface area contributed by atoms with Crippen LogP contribution in [0.15, 0.2) is 59.1 Å². The molecule has 1 nitrogen and oxygen atoms in total. The van der Waals surface area contributed by atoms with Crippen molar-refractivity contribution < 1.29 is 4.74 Å². The molecule has 0 amide bonds. The molecule has 0 aliphatic carbocycles. The van der Waals surface area contributed by atoms with Gasteiger partial charge in [-0.2, -0.15) is 0 Å². The molecule has 0 fully saturated rings. The summed E-state index contributed by atoms with van der Waals surface area (Å²) in [6.45, 7) is 2.14. The van der Waals surface area contributed by atoms with E-state index in [1.807, 2.05) is 35.6 Å². The molecule has 0 saturated heterocycles. The topological polar surface area (TPSA) is 9.23 Å². The molecule has 2 aromatic carbocycles. The molecule has 0 saturated carbocycles. The van der Waals surface area contributed by atoms with Crippen LogP contribution in [-0.2, 0) is 0 Å². The van der Waals surface area contributed by atoms with Gasteiger partial charge in [0.25, 0.3) is 0 Å². The molecule has 1 aromatic heterocycles. The van der Waals surface area contributed by atoms with Gasteiger partial charge in [-0.05, 0) is 52.2 Å². The van der Waals surface area contributed by atoms with E-state index in [0.29, 0.717) is 0 Å². The van der Waals surface area contributed by atoms with Crippen LogP contribution in [0.3, 0.4) is 0 Å². The Bertz CT molecular complexity index is 873. The van der Waals surface area contributed by atoms with Crippen molar-refractivity contribution in [3.8, 4) is 5.75 Å². The van der Waals surface area contributed by atoms with Crippen molar-refractivity contribution in [2.75, 3.05) is 7.11 Å². The average Bonchev–Trinajstić information content (AvgIpc) is 2.87. The Kier molecular flexibility index (Phi) is 4.99. The molecule has 0 spiro atoms. The van der Waals surface area contributed by atoms with E-state index in [1.54, 1.807) is 7.11 Å². The van der Waals surface area contributed by atoms with Crippen molar-refractivity contribution >= 4 is 49.5 Å². The number of benzene rings is 2. The fourth-order valence-corrected chi connectivity index (χ4v) is 4.24. The van der Waals surface area contributed by atoms with Gasteiger partial charge in [0, 0.05) is 19.4 Å². The molecule has 3 aromatic rings. The van der Waals surface area contributed by atoms with Gasteiger partial charge in [0.05, 0.1) is 7.11 Å². The molecular weight excluding hydrogens is 368 g/mol. The quantitative estimate of drug-likeness (QED) is 0.454. The Hall–Kier alpha value is -1.84. The SMILES string of the molecule is COc1ccc(C=CC=Cc2cccc3sc(C)c(Br)c23)cc1. The molecule has 0 aliphatic heterocycles. The maximum Gasteiger partial charge on any atom is 0.118 e. The Morgan fingerprint density at radius 2 is 1.74 bits per heavy atom. The number of ether oxygens (including phenoxy) is 1. The Labute approximate surface area is 149 Å². The van der Waals surface area contributed by atoms with Crippen molar-refractivity contribution in [1.82, 2.24) is 0 Å². The van der Waals surface area contributed by atoms with E-state index in [2.05, 4.69) is 65.4 Å². The van der Waals surface area contributed by atoms with E-state index >= 15 is 0 Å².